The number of nitrogens with zero attached hydrogens (tertiary/aromatic N) is 2. The van der Waals surface area contributed by atoms with Crippen LogP contribution in [0.15, 0.2) is 16.6 Å². The van der Waals surface area contributed by atoms with E-state index in [0.29, 0.717) is 6.04 Å². The third-order valence-corrected chi connectivity index (χ3v) is 5.86. The highest BCUT2D eigenvalue weighted by Crippen LogP contribution is 2.29. The maximum Gasteiger partial charge on any atom is 0.0738 e. The van der Waals surface area contributed by atoms with Gasteiger partial charge >= 0.3 is 0 Å². The highest BCUT2D eigenvalue weighted by Gasteiger charge is 2.19. The average molecular weight is 356 g/mol. The van der Waals surface area contributed by atoms with E-state index in [2.05, 4.69) is 52.3 Å². The number of thiophene rings is 1. The third-order valence-electron chi connectivity index (χ3n) is 3.48. The number of halogens is 1. The predicted octanol–water partition coefficient (Wildman–Crippen LogP) is 4.01. The molecule has 2 aromatic rings. The minimum atomic E-state index is 0.358. The van der Waals surface area contributed by atoms with Crippen molar-refractivity contribution in [3.05, 3.63) is 37.7 Å². The van der Waals surface area contributed by atoms with Gasteiger partial charge in [-0.1, -0.05) is 13.8 Å². The molecule has 0 saturated heterocycles. The van der Waals surface area contributed by atoms with E-state index in [4.69, 9.17) is 0 Å². The van der Waals surface area contributed by atoms with Gasteiger partial charge in [-0.2, -0.15) is 5.10 Å². The summed E-state index contributed by atoms with van der Waals surface area (Å²) < 4.78 is 3.12. The molecule has 1 atom stereocenters. The predicted molar refractivity (Wildman–Crippen MR) is 89.5 cm³/mol. The van der Waals surface area contributed by atoms with Gasteiger partial charge in [-0.05, 0) is 48.0 Å². The Morgan fingerprint density at radius 2 is 2.15 bits per heavy atom. The van der Waals surface area contributed by atoms with Crippen molar-refractivity contribution in [3.63, 3.8) is 0 Å². The molecule has 2 rings (SSSR count). The summed E-state index contributed by atoms with van der Waals surface area (Å²) in [6.45, 7) is 7.37. The first-order valence-corrected chi connectivity index (χ1v) is 8.67. The summed E-state index contributed by atoms with van der Waals surface area (Å²) >= 11 is 5.58. The van der Waals surface area contributed by atoms with Gasteiger partial charge in [-0.15, -0.1) is 11.3 Å². The molecule has 0 aliphatic heterocycles. The Morgan fingerprint density at radius 1 is 1.40 bits per heavy atom. The van der Waals surface area contributed by atoms with Crippen LogP contribution in [-0.2, 0) is 19.9 Å². The van der Waals surface area contributed by atoms with Crippen LogP contribution in [0.1, 0.15) is 41.0 Å². The van der Waals surface area contributed by atoms with E-state index in [1.807, 2.05) is 30.0 Å². The van der Waals surface area contributed by atoms with Gasteiger partial charge in [0.25, 0.3) is 0 Å². The molecular weight excluding hydrogens is 334 g/mol. The summed E-state index contributed by atoms with van der Waals surface area (Å²) in [5.41, 5.74) is 2.30. The Bertz CT molecular complexity index is 574. The Morgan fingerprint density at radius 3 is 2.65 bits per heavy atom. The van der Waals surface area contributed by atoms with E-state index in [0.717, 1.165) is 29.6 Å². The van der Waals surface area contributed by atoms with Gasteiger partial charge < -0.3 is 5.32 Å². The summed E-state index contributed by atoms with van der Waals surface area (Å²) in [5, 5.41) is 8.08. The smallest absolute Gasteiger partial charge is 0.0738 e. The summed E-state index contributed by atoms with van der Waals surface area (Å²) in [7, 11) is 2.02. The fraction of sp³-hybridized carbons (Fsp3) is 0.533. The molecule has 1 unspecified atom stereocenters. The first kappa shape index (κ1) is 15.7. The lowest BCUT2D eigenvalue weighted by Gasteiger charge is -2.17. The molecule has 0 spiro atoms. The van der Waals surface area contributed by atoms with Crippen molar-refractivity contribution in [2.75, 3.05) is 6.54 Å². The van der Waals surface area contributed by atoms with Crippen LogP contribution in [0.4, 0.5) is 0 Å². The Kier molecular flexibility index (Phi) is 5.41. The lowest BCUT2D eigenvalue weighted by atomic mass is 10.1. The molecule has 110 valence electrons. The third kappa shape index (κ3) is 3.32. The molecule has 0 aliphatic carbocycles. The summed E-state index contributed by atoms with van der Waals surface area (Å²) in [6, 6.07) is 4.86. The van der Waals surface area contributed by atoms with Crippen LogP contribution in [0.2, 0.25) is 0 Å². The zero-order valence-electron chi connectivity index (χ0n) is 12.5. The minimum Gasteiger partial charge on any atom is -0.309 e. The Hall–Kier alpha value is -0.650. The molecular formula is C15H22BrN3S. The number of rotatable bonds is 6. The zero-order valence-corrected chi connectivity index (χ0v) is 14.9. The molecule has 0 aliphatic rings. The molecule has 0 radical (unpaired) electrons. The number of likely N-dealkylation sites (N-methyl/N-ethyl adjacent to an activating group) is 1. The molecule has 20 heavy (non-hydrogen) atoms. The first-order valence-electron chi connectivity index (χ1n) is 7.06. The van der Waals surface area contributed by atoms with Gasteiger partial charge in [0.2, 0.25) is 0 Å². The van der Waals surface area contributed by atoms with Crippen molar-refractivity contribution in [2.45, 2.75) is 39.7 Å². The van der Waals surface area contributed by atoms with Gasteiger partial charge in [0.05, 0.1) is 15.9 Å². The van der Waals surface area contributed by atoms with Gasteiger partial charge in [0.1, 0.15) is 0 Å². The fourth-order valence-corrected chi connectivity index (χ4v) is 3.91. The highest BCUT2D eigenvalue weighted by molar-refractivity contribution is 9.10. The maximum absolute atomic E-state index is 4.48. The lowest BCUT2D eigenvalue weighted by Crippen LogP contribution is -2.23. The molecule has 0 amide bonds. The molecule has 2 aromatic heterocycles. The van der Waals surface area contributed by atoms with Crippen molar-refractivity contribution in [3.8, 4) is 0 Å². The number of aryl methyl sites for hydroxylation is 3. The molecule has 0 fully saturated rings. The second kappa shape index (κ2) is 6.87. The minimum absolute atomic E-state index is 0.358. The van der Waals surface area contributed by atoms with Crippen LogP contribution >= 0.6 is 27.3 Å². The quantitative estimate of drug-likeness (QED) is 0.848. The van der Waals surface area contributed by atoms with E-state index >= 15 is 0 Å². The van der Waals surface area contributed by atoms with Crippen LogP contribution in [0, 0.1) is 6.92 Å². The van der Waals surface area contributed by atoms with E-state index < -0.39 is 0 Å². The number of hydrogen-bond donors (Lipinski definition) is 1. The maximum atomic E-state index is 4.48. The largest absolute Gasteiger partial charge is 0.309 e. The Balaban J connectivity index is 2.25. The van der Waals surface area contributed by atoms with Crippen LogP contribution in [-0.4, -0.2) is 16.3 Å². The SMILES string of the molecule is CCNC(Cc1c(Br)c(C)nn1C)c1ccc(CC)s1. The monoisotopic (exact) mass is 355 g/mol. The van der Waals surface area contributed by atoms with Crippen LogP contribution < -0.4 is 5.32 Å². The molecule has 2 heterocycles. The highest BCUT2D eigenvalue weighted by atomic mass is 79.9. The van der Waals surface area contributed by atoms with E-state index in [9.17, 15) is 0 Å². The standard InChI is InChI=1S/C15H22BrN3S/c1-5-11-7-8-14(20-11)12(17-6-2)9-13-15(16)10(3)18-19(13)4/h7-8,12,17H,5-6,9H2,1-4H3. The number of hydrogen-bond acceptors (Lipinski definition) is 3. The Labute approximate surface area is 133 Å². The molecule has 0 saturated carbocycles. The normalized spacial score (nSPS) is 12.8. The average Bonchev–Trinajstić information content (AvgIpc) is 2.98. The van der Waals surface area contributed by atoms with E-state index in [-0.39, 0.29) is 0 Å². The van der Waals surface area contributed by atoms with Crippen molar-refractivity contribution < 1.29 is 0 Å². The van der Waals surface area contributed by atoms with Gasteiger partial charge in [0, 0.05) is 29.3 Å². The summed E-state index contributed by atoms with van der Waals surface area (Å²) in [4.78, 5) is 2.86. The summed E-state index contributed by atoms with van der Waals surface area (Å²) in [6.07, 6.45) is 2.06. The van der Waals surface area contributed by atoms with Crippen molar-refractivity contribution >= 4 is 27.3 Å². The van der Waals surface area contributed by atoms with Gasteiger partial charge in [-0.3, -0.25) is 4.68 Å². The van der Waals surface area contributed by atoms with Crippen molar-refractivity contribution in [1.82, 2.24) is 15.1 Å². The molecule has 0 aromatic carbocycles. The molecule has 3 nitrogen and oxygen atoms in total. The molecule has 5 heteroatoms. The van der Waals surface area contributed by atoms with Crippen molar-refractivity contribution in [2.24, 2.45) is 7.05 Å². The van der Waals surface area contributed by atoms with Crippen LogP contribution in [0.3, 0.4) is 0 Å². The van der Waals surface area contributed by atoms with Crippen molar-refractivity contribution in [1.29, 1.82) is 0 Å². The zero-order chi connectivity index (χ0) is 14.7. The number of aromatic nitrogens is 2. The fourth-order valence-electron chi connectivity index (χ4n) is 2.39. The lowest BCUT2D eigenvalue weighted by molar-refractivity contribution is 0.535. The second-order valence-corrected chi connectivity index (χ2v) is 6.93. The first-order chi connectivity index (χ1) is 9.56. The molecule has 0 bridgehead atoms. The molecule has 1 N–H and O–H groups in total. The van der Waals surface area contributed by atoms with E-state index in [1.54, 1.807) is 0 Å². The second-order valence-electron chi connectivity index (χ2n) is 4.94. The van der Waals surface area contributed by atoms with Crippen LogP contribution in [0.25, 0.3) is 0 Å². The van der Waals surface area contributed by atoms with Gasteiger partial charge in [0.15, 0.2) is 0 Å². The van der Waals surface area contributed by atoms with E-state index in [1.165, 1.54) is 15.4 Å². The number of nitrogens with one attached hydrogen (secondary N) is 1. The summed E-state index contributed by atoms with van der Waals surface area (Å²) in [5.74, 6) is 0. The van der Waals surface area contributed by atoms with Gasteiger partial charge in [-0.25, -0.2) is 0 Å². The topological polar surface area (TPSA) is 29.9 Å². The van der Waals surface area contributed by atoms with Crippen LogP contribution in [0.5, 0.6) is 0 Å².